The highest BCUT2D eigenvalue weighted by molar-refractivity contribution is 5.96. The van der Waals surface area contributed by atoms with E-state index in [4.69, 9.17) is 14.5 Å². The van der Waals surface area contributed by atoms with Crippen molar-refractivity contribution in [2.24, 2.45) is 0 Å². The Morgan fingerprint density at radius 2 is 1.81 bits per heavy atom. The number of carbonyl (C=O) groups excluding carboxylic acids is 2. The number of piperazine rings is 1. The van der Waals surface area contributed by atoms with E-state index in [9.17, 15) is 9.59 Å². The van der Waals surface area contributed by atoms with E-state index in [0.717, 1.165) is 35.1 Å². The van der Waals surface area contributed by atoms with Gasteiger partial charge < -0.3 is 19.3 Å². The van der Waals surface area contributed by atoms with Gasteiger partial charge in [0.2, 0.25) is 0 Å². The first-order valence-electron chi connectivity index (χ1n) is 11.1. The van der Waals surface area contributed by atoms with Gasteiger partial charge in [-0.2, -0.15) is 0 Å². The molecule has 2 aliphatic rings. The molecule has 1 aliphatic carbocycles. The van der Waals surface area contributed by atoms with Crippen LogP contribution in [0.2, 0.25) is 0 Å². The van der Waals surface area contributed by atoms with Crippen LogP contribution in [0.4, 0.5) is 10.6 Å². The molecule has 31 heavy (non-hydrogen) atoms. The van der Waals surface area contributed by atoms with Gasteiger partial charge in [-0.3, -0.25) is 0 Å². The number of carbonyl (C=O) groups is 2. The van der Waals surface area contributed by atoms with Crippen LogP contribution in [0.25, 0.3) is 10.9 Å². The van der Waals surface area contributed by atoms with Gasteiger partial charge in [0.1, 0.15) is 11.4 Å². The van der Waals surface area contributed by atoms with Crippen molar-refractivity contribution in [1.82, 2.24) is 9.88 Å². The highest BCUT2D eigenvalue weighted by Crippen LogP contribution is 2.43. The van der Waals surface area contributed by atoms with Crippen LogP contribution in [-0.4, -0.2) is 60.3 Å². The van der Waals surface area contributed by atoms with E-state index in [1.807, 2.05) is 52.0 Å². The van der Waals surface area contributed by atoms with E-state index in [1.165, 1.54) is 0 Å². The minimum absolute atomic E-state index is 0.263. The Morgan fingerprint density at radius 3 is 2.42 bits per heavy atom. The third-order valence-corrected chi connectivity index (χ3v) is 5.59. The average Bonchev–Trinajstić information content (AvgIpc) is 3.57. The lowest BCUT2D eigenvalue weighted by Crippen LogP contribution is -2.50. The van der Waals surface area contributed by atoms with Crippen LogP contribution in [0.15, 0.2) is 24.3 Å². The van der Waals surface area contributed by atoms with E-state index in [1.54, 1.807) is 4.90 Å². The second-order valence-electron chi connectivity index (χ2n) is 9.26. The zero-order chi connectivity index (χ0) is 22.2. The number of anilines is 1. The zero-order valence-electron chi connectivity index (χ0n) is 18.8. The average molecular weight is 426 g/mol. The van der Waals surface area contributed by atoms with Crippen LogP contribution in [0.3, 0.4) is 0 Å². The van der Waals surface area contributed by atoms with Gasteiger partial charge in [0.05, 0.1) is 17.7 Å². The van der Waals surface area contributed by atoms with Crippen molar-refractivity contribution >= 4 is 28.8 Å². The lowest BCUT2D eigenvalue weighted by molar-refractivity contribution is 0.0240. The van der Waals surface area contributed by atoms with Crippen LogP contribution >= 0.6 is 0 Å². The molecule has 2 fully saturated rings. The molecule has 4 rings (SSSR count). The number of fused-ring (bicyclic) bond motifs is 1. The SMILES string of the molecule is CCOC(=O)c1cc(C2CC2)c2nc(N3CCN(C(=O)OC(C)(C)C)CC3)ccc2c1. The molecule has 0 bridgehead atoms. The summed E-state index contributed by atoms with van der Waals surface area (Å²) in [5.41, 5.74) is 2.20. The number of nitrogens with zero attached hydrogens (tertiary/aromatic N) is 3. The molecule has 0 radical (unpaired) electrons. The second-order valence-corrected chi connectivity index (χ2v) is 9.26. The molecule has 166 valence electrons. The number of amides is 1. The molecule has 2 aromatic rings. The minimum atomic E-state index is -0.490. The molecule has 1 aliphatic heterocycles. The van der Waals surface area contributed by atoms with Gasteiger partial charge >= 0.3 is 12.1 Å². The van der Waals surface area contributed by atoms with Crippen molar-refractivity contribution in [3.63, 3.8) is 0 Å². The molecule has 7 heteroatoms. The third-order valence-electron chi connectivity index (χ3n) is 5.59. The van der Waals surface area contributed by atoms with Gasteiger partial charge in [0, 0.05) is 31.6 Å². The number of aromatic nitrogens is 1. The Hall–Kier alpha value is -2.83. The predicted octanol–water partition coefficient (Wildman–Crippen LogP) is 4.35. The number of pyridine rings is 1. The summed E-state index contributed by atoms with van der Waals surface area (Å²) >= 11 is 0. The number of hydrogen-bond acceptors (Lipinski definition) is 6. The van der Waals surface area contributed by atoms with Gasteiger partial charge in [-0.1, -0.05) is 0 Å². The molecular weight excluding hydrogens is 394 g/mol. The summed E-state index contributed by atoms with van der Waals surface area (Å²) in [5.74, 6) is 1.08. The monoisotopic (exact) mass is 425 g/mol. The first kappa shape index (κ1) is 21.4. The lowest BCUT2D eigenvalue weighted by atomic mass is 10.0. The highest BCUT2D eigenvalue weighted by Gasteiger charge is 2.29. The highest BCUT2D eigenvalue weighted by atomic mass is 16.6. The largest absolute Gasteiger partial charge is 0.462 e. The lowest BCUT2D eigenvalue weighted by Gasteiger charge is -2.36. The summed E-state index contributed by atoms with van der Waals surface area (Å²) in [5, 5.41) is 0.962. The van der Waals surface area contributed by atoms with Crippen molar-refractivity contribution in [1.29, 1.82) is 0 Å². The normalized spacial score (nSPS) is 17.0. The summed E-state index contributed by atoms with van der Waals surface area (Å²) < 4.78 is 10.7. The van der Waals surface area contributed by atoms with E-state index in [-0.39, 0.29) is 12.1 Å². The Morgan fingerprint density at radius 1 is 1.10 bits per heavy atom. The van der Waals surface area contributed by atoms with Gasteiger partial charge in [0.15, 0.2) is 0 Å². The zero-order valence-corrected chi connectivity index (χ0v) is 18.8. The van der Waals surface area contributed by atoms with E-state index in [0.29, 0.717) is 44.3 Å². The maximum Gasteiger partial charge on any atom is 0.410 e. The summed E-state index contributed by atoms with van der Waals surface area (Å²) in [6.07, 6.45) is 1.99. The summed E-state index contributed by atoms with van der Waals surface area (Å²) in [4.78, 5) is 33.5. The van der Waals surface area contributed by atoms with Crippen molar-refractivity contribution < 1.29 is 19.1 Å². The summed E-state index contributed by atoms with van der Waals surface area (Å²) in [6, 6.07) is 7.86. The van der Waals surface area contributed by atoms with Crippen LogP contribution in [0.1, 0.15) is 62.4 Å². The van der Waals surface area contributed by atoms with E-state index in [2.05, 4.69) is 4.90 Å². The Labute approximate surface area is 183 Å². The molecule has 1 aromatic heterocycles. The first-order valence-corrected chi connectivity index (χ1v) is 11.1. The number of esters is 1. The second kappa shape index (κ2) is 8.36. The van der Waals surface area contributed by atoms with Crippen molar-refractivity contribution in [2.75, 3.05) is 37.7 Å². The van der Waals surface area contributed by atoms with Crippen LogP contribution in [0.5, 0.6) is 0 Å². The number of hydrogen-bond donors (Lipinski definition) is 0. The van der Waals surface area contributed by atoms with Crippen molar-refractivity contribution in [2.45, 2.75) is 52.1 Å². The smallest absolute Gasteiger partial charge is 0.410 e. The Bertz CT molecular complexity index is 986. The van der Waals surface area contributed by atoms with Crippen molar-refractivity contribution in [3.05, 3.63) is 35.4 Å². The van der Waals surface area contributed by atoms with E-state index >= 15 is 0 Å². The quantitative estimate of drug-likeness (QED) is 0.679. The Balaban J connectivity index is 1.53. The van der Waals surface area contributed by atoms with Crippen molar-refractivity contribution in [3.8, 4) is 0 Å². The molecule has 1 saturated heterocycles. The molecule has 0 unspecified atom stereocenters. The minimum Gasteiger partial charge on any atom is -0.462 e. The molecule has 1 amide bonds. The van der Waals surface area contributed by atoms with Crippen LogP contribution in [-0.2, 0) is 9.47 Å². The number of benzene rings is 1. The molecule has 2 heterocycles. The molecule has 7 nitrogen and oxygen atoms in total. The molecular formula is C24H31N3O4. The standard InChI is InChI=1S/C24H31N3O4/c1-5-30-22(28)18-14-17-8-9-20(25-21(17)19(15-18)16-6-7-16)26-10-12-27(13-11-26)23(29)31-24(2,3)4/h8-9,14-16H,5-7,10-13H2,1-4H3. The maximum absolute atomic E-state index is 12.3. The van der Waals surface area contributed by atoms with Crippen LogP contribution in [0, 0.1) is 0 Å². The fourth-order valence-electron chi connectivity index (χ4n) is 3.91. The van der Waals surface area contributed by atoms with Crippen LogP contribution < -0.4 is 4.90 Å². The maximum atomic E-state index is 12.3. The number of ether oxygens (including phenoxy) is 2. The molecule has 0 atom stereocenters. The molecule has 0 N–H and O–H groups in total. The van der Waals surface area contributed by atoms with Gasteiger partial charge in [-0.25, -0.2) is 14.6 Å². The molecule has 1 aromatic carbocycles. The first-order chi connectivity index (χ1) is 14.7. The Kier molecular flexibility index (Phi) is 5.77. The van der Waals surface area contributed by atoms with Gasteiger partial charge in [-0.15, -0.1) is 0 Å². The summed E-state index contributed by atoms with van der Waals surface area (Å²) in [6.45, 7) is 10.4. The van der Waals surface area contributed by atoms with Gasteiger partial charge in [0.25, 0.3) is 0 Å². The fraction of sp³-hybridized carbons (Fsp3) is 0.542. The number of rotatable bonds is 4. The topological polar surface area (TPSA) is 72.0 Å². The summed E-state index contributed by atoms with van der Waals surface area (Å²) in [7, 11) is 0. The fourth-order valence-corrected chi connectivity index (χ4v) is 3.91. The van der Waals surface area contributed by atoms with E-state index < -0.39 is 5.60 Å². The molecule has 0 spiro atoms. The van der Waals surface area contributed by atoms with Gasteiger partial charge in [-0.05, 0) is 76.3 Å². The molecule has 1 saturated carbocycles. The third kappa shape index (κ3) is 4.92. The predicted molar refractivity (Wildman–Crippen MR) is 120 cm³/mol.